The molecule has 80 valence electrons. The number of nitrogens with zero attached hydrogens (tertiary/aromatic N) is 1. The molecule has 0 saturated carbocycles. The van der Waals surface area contributed by atoms with Crippen molar-refractivity contribution < 1.29 is 14.7 Å². The van der Waals surface area contributed by atoms with E-state index >= 15 is 0 Å². The number of aromatic amines is 1. The van der Waals surface area contributed by atoms with Gasteiger partial charge in [0, 0.05) is 12.7 Å². The number of aliphatic carboxylic acids is 1. The first kappa shape index (κ1) is 10.0. The summed E-state index contributed by atoms with van der Waals surface area (Å²) in [5.41, 5.74) is 0.325. The minimum Gasteiger partial charge on any atom is -0.480 e. The van der Waals surface area contributed by atoms with Gasteiger partial charge in [0.15, 0.2) is 0 Å². The lowest BCUT2D eigenvalue weighted by atomic mass is 10.0. The predicted octanol–water partition coefficient (Wildman–Crippen LogP) is 0.967. The van der Waals surface area contributed by atoms with Gasteiger partial charge >= 0.3 is 5.97 Å². The minimum atomic E-state index is -0.966. The van der Waals surface area contributed by atoms with Gasteiger partial charge in [-0.1, -0.05) is 11.6 Å². The van der Waals surface area contributed by atoms with Crippen LogP contribution in [0.25, 0.3) is 0 Å². The number of aromatic nitrogens is 1. The summed E-state index contributed by atoms with van der Waals surface area (Å²) in [5.74, 6) is -1.28. The highest BCUT2D eigenvalue weighted by atomic mass is 35.5. The molecule has 0 bridgehead atoms. The van der Waals surface area contributed by atoms with Gasteiger partial charge < -0.3 is 15.0 Å². The number of hydrogen-bond acceptors (Lipinski definition) is 2. The van der Waals surface area contributed by atoms with Gasteiger partial charge in [0.1, 0.15) is 11.7 Å². The van der Waals surface area contributed by atoms with Crippen molar-refractivity contribution in [1.82, 2.24) is 9.88 Å². The van der Waals surface area contributed by atoms with E-state index in [1.54, 1.807) is 0 Å². The van der Waals surface area contributed by atoms with Gasteiger partial charge in [0.05, 0.1) is 5.02 Å². The topological polar surface area (TPSA) is 73.4 Å². The highest BCUT2D eigenvalue weighted by Crippen LogP contribution is 2.21. The second-order valence-electron chi connectivity index (χ2n) is 3.37. The second kappa shape index (κ2) is 3.58. The van der Waals surface area contributed by atoms with Gasteiger partial charge in [0.2, 0.25) is 0 Å². The number of H-pyrrole nitrogens is 1. The zero-order chi connectivity index (χ0) is 11.0. The van der Waals surface area contributed by atoms with Crippen molar-refractivity contribution in [3.8, 4) is 0 Å². The number of hydrogen-bond donors (Lipinski definition) is 2. The molecule has 1 amide bonds. The number of carbonyl (C=O) groups excluding carboxylic acids is 1. The fourth-order valence-electron chi connectivity index (χ4n) is 1.53. The first-order valence-electron chi connectivity index (χ1n) is 4.47. The van der Waals surface area contributed by atoms with Crippen LogP contribution in [0.4, 0.5) is 0 Å². The first-order valence-corrected chi connectivity index (χ1v) is 4.85. The fourth-order valence-corrected chi connectivity index (χ4v) is 1.70. The summed E-state index contributed by atoms with van der Waals surface area (Å²) in [6.45, 7) is 0.479. The molecule has 1 aliphatic heterocycles. The molecule has 1 aliphatic rings. The number of halogens is 1. The summed E-state index contributed by atoms with van der Waals surface area (Å²) < 4.78 is 0. The molecule has 1 unspecified atom stereocenters. The van der Waals surface area contributed by atoms with Crippen molar-refractivity contribution in [1.29, 1.82) is 0 Å². The van der Waals surface area contributed by atoms with Crippen LogP contribution in [0.2, 0.25) is 5.02 Å². The highest BCUT2D eigenvalue weighted by molar-refractivity contribution is 6.31. The van der Waals surface area contributed by atoms with Crippen LogP contribution in [0.15, 0.2) is 12.3 Å². The number of carbonyl (C=O) groups is 2. The number of amides is 1. The van der Waals surface area contributed by atoms with Gasteiger partial charge in [-0.2, -0.15) is 0 Å². The third-order valence-electron chi connectivity index (χ3n) is 2.44. The van der Waals surface area contributed by atoms with Crippen LogP contribution < -0.4 is 0 Å². The first-order chi connectivity index (χ1) is 7.09. The molecule has 1 saturated heterocycles. The summed E-state index contributed by atoms with van der Waals surface area (Å²) in [6, 6.07) is 0.792. The molecule has 6 heteroatoms. The molecule has 2 N–H and O–H groups in total. The third-order valence-corrected chi connectivity index (χ3v) is 2.66. The van der Waals surface area contributed by atoms with Crippen molar-refractivity contribution in [2.45, 2.75) is 12.5 Å². The maximum atomic E-state index is 11.7. The fraction of sp³-hybridized carbons (Fsp3) is 0.333. The Morgan fingerprint density at radius 3 is 2.73 bits per heavy atom. The Morgan fingerprint density at radius 1 is 1.60 bits per heavy atom. The van der Waals surface area contributed by atoms with E-state index in [0.29, 0.717) is 23.7 Å². The number of nitrogens with one attached hydrogen (secondary N) is 1. The third kappa shape index (κ3) is 1.70. The lowest BCUT2D eigenvalue weighted by Gasteiger charge is -2.37. The standard InChI is InChI=1S/C9H9ClN2O3/c10-5-3-6(11-4-5)8(13)12-2-1-7(12)9(14)15/h3-4,7,11H,1-2H2,(H,14,15). The lowest BCUT2D eigenvalue weighted by Crippen LogP contribution is -2.55. The Labute approximate surface area is 90.6 Å². The van der Waals surface area contributed by atoms with Crippen LogP contribution in [-0.2, 0) is 4.79 Å². The molecule has 0 spiro atoms. The molecule has 5 nitrogen and oxygen atoms in total. The van der Waals surface area contributed by atoms with Gasteiger partial charge in [-0.05, 0) is 12.5 Å². The maximum absolute atomic E-state index is 11.7. The maximum Gasteiger partial charge on any atom is 0.326 e. The summed E-state index contributed by atoms with van der Waals surface area (Å²) in [7, 11) is 0. The molecule has 0 aromatic carbocycles. The van der Waals surface area contributed by atoms with E-state index < -0.39 is 12.0 Å². The minimum absolute atomic E-state index is 0.319. The van der Waals surface area contributed by atoms with E-state index in [9.17, 15) is 9.59 Å². The lowest BCUT2D eigenvalue weighted by molar-refractivity contribution is -0.146. The Hall–Kier alpha value is -1.49. The Kier molecular flexibility index (Phi) is 2.40. The van der Waals surface area contributed by atoms with Crippen LogP contribution in [-0.4, -0.2) is 39.5 Å². The molecule has 0 radical (unpaired) electrons. The van der Waals surface area contributed by atoms with E-state index in [0.717, 1.165) is 0 Å². The average molecular weight is 229 g/mol. The summed E-state index contributed by atoms with van der Waals surface area (Å²) >= 11 is 5.65. The predicted molar refractivity (Wildman–Crippen MR) is 52.9 cm³/mol. The zero-order valence-corrected chi connectivity index (χ0v) is 8.49. The van der Waals surface area contributed by atoms with E-state index in [4.69, 9.17) is 16.7 Å². The van der Waals surface area contributed by atoms with E-state index in [1.165, 1.54) is 17.2 Å². The molecular formula is C9H9ClN2O3. The van der Waals surface area contributed by atoms with Crippen molar-refractivity contribution in [3.05, 3.63) is 23.0 Å². The van der Waals surface area contributed by atoms with Gasteiger partial charge in [-0.3, -0.25) is 4.79 Å². The largest absolute Gasteiger partial charge is 0.480 e. The molecule has 1 atom stereocenters. The van der Waals surface area contributed by atoms with Crippen LogP contribution in [0.5, 0.6) is 0 Å². The van der Waals surface area contributed by atoms with Gasteiger partial charge in [-0.15, -0.1) is 0 Å². The molecular weight excluding hydrogens is 220 g/mol. The Morgan fingerprint density at radius 2 is 2.33 bits per heavy atom. The second-order valence-corrected chi connectivity index (χ2v) is 3.81. The van der Waals surface area contributed by atoms with Gasteiger partial charge in [0.25, 0.3) is 5.91 Å². The number of carboxylic acid groups (broad SMARTS) is 1. The monoisotopic (exact) mass is 228 g/mol. The van der Waals surface area contributed by atoms with Crippen LogP contribution >= 0.6 is 11.6 Å². The molecule has 1 aromatic heterocycles. The Balaban J connectivity index is 2.12. The van der Waals surface area contributed by atoms with E-state index in [1.807, 2.05) is 0 Å². The molecule has 1 fully saturated rings. The van der Waals surface area contributed by atoms with Crippen molar-refractivity contribution in [3.63, 3.8) is 0 Å². The van der Waals surface area contributed by atoms with Crippen LogP contribution in [0.1, 0.15) is 16.9 Å². The van der Waals surface area contributed by atoms with E-state index in [-0.39, 0.29) is 5.91 Å². The molecule has 2 heterocycles. The number of likely N-dealkylation sites (tertiary alicyclic amines) is 1. The summed E-state index contributed by atoms with van der Waals surface area (Å²) in [6.07, 6.45) is 2.00. The van der Waals surface area contributed by atoms with E-state index in [2.05, 4.69) is 4.98 Å². The normalized spacial score (nSPS) is 19.8. The molecule has 1 aromatic rings. The number of carboxylic acids is 1. The van der Waals surface area contributed by atoms with Crippen LogP contribution in [0, 0.1) is 0 Å². The highest BCUT2D eigenvalue weighted by Gasteiger charge is 2.38. The van der Waals surface area contributed by atoms with Crippen molar-refractivity contribution in [2.24, 2.45) is 0 Å². The quantitative estimate of drug-likeness (QED) is 0.792. The average Bonchev–Trinajstić information content (AvgIpc) is 2.48. The Bertz CT molecular complexity index is 415. The summed E-state index contributed by atoms with van der Waals surface area (Å²) in [5, 5.41) is 9.21. The van der Waals surface area contributed by atoms with Gasteiger partial charge in [-0.25, -0.2) is 4.79 Å². The molecule has 2 rings (SSSR count). The molecule has 15 heavy (non-hydrogen) atoms. The van der Waals surface area contributed by atoms with Crippen LogP contribution in [0.3, 0.4) is 0 Å². The molecule has 0 aliphatic carbocycles. The van der Waals surface area contributed by atoms with Crippen molar-refractivity contribution in [2.75, 3.05) is 6.54 Å². The zero-order valence-electron chi connectivity index (χ0n) is 7.74. The van der Waals surface area contributed by atoms with Crippen molar-refractivity contribution >= 4 is 23.5 Å². The SMILES string of the molecule is O=C(O)C1CCN1C(=O)c1cc(Cl)c[nH]1. The number of rotatable bonds is 2. The smallest absolute Gasteiger partial charge is 0.326 e. The summed E-state index contributed by atoms with van der Waals surface area (Å²) in [4.78, 5) is 26.4.